The van der Waals surface area contributed by atoms with Crippen molar-refractivity contribution in [1.82, 2.24) is 0 Å². The first-order valence-corrected chi connectivity index (χ1v) is 4.97. The molecule has 0 bridgehead atoms. The first-order valence-electron chi connectivity index (χ1n) is 4.97. The van der Waals surface area contributed by atoms with Gasteiger partial charge in [-0.15, -0.1) is 0 Å². The Kier molecular flexibility index (Phi) is 3.72. The lowest BCUT2D eigenvalue weighted by atomic mass is 10.0. The third-order valence-corrected chi connectivity index (χ3v) is 2.48. The smallest absolute Gasteiger partial charge is 0.311 e. The van der Waals surface area contributed by atoms with Crippen LogP contribution in [0.25, 0.3) is 0 Å². The second kappa shape index (κ2) is 4.61. The average molecular weight is 186 g/mol. The van der Waals surface area contributed by atoms with E-state index in [1.165, 1.54) is 0 Å². The summed E-state index contributed by atoms with van der Waals surface area (Å²) < 4.78 is 10.5. The highest BCUT2D eigenvalue weighted by atomic mass is 16.5. The molecule has 1 rings (SSSR count). The maximum atomic E-state index is 11.3. The van der Waals surface area contributed by atoms with Gasteiger partial charge in [0, 0.05) is 0 Å². The van der Waals surface area contributed by atoms with E-state index < -0.39 is 0 Å². The van der Waals surface area contributed by atoms with Crippen LogP contribution in [0.2, 0.25) is 0 Å². The van der Waals surface area contributed by atoms with Gasteiger partial charge in [-0.25, -0.2) is 0 Å². The van der Waals surface area contributed by atoms with Crippen LogP contribution in [0.3, 0.4) is 0 Å². The Hall–Kier alpha value is -0.570. The Balaban J connectivity index is 2.38. The van der Waals surface area contributed by atoms with E-state index in [0.29, 0.717) is 12.7 Å². The summed E-state index contributed by atoms with van der Waals surface area (Å²) in [5.74, 6) is -0.258. The number of carbonyl (C=O) groups excluding carboxylic acids is 1. The minimum absolute atomic E-state index is 0.0639. The highest BCUT2D eigenvalue weighted by molar-refractivity contribution is 5.72. The van der Waals surface area contributed by atoms with Crippen LogP contribution < -0.4 is 0 Å². The lowest BCUT2D eigenvalue weighted by molar-refractivity contribution is -0.152. The minimum Gasteiger partial charge on any atom is -0.466 e. The van der Waals surface area contributed by atoms with E-state index in [4.69, 9.17) is 9.47 Å². The maximum Gasteiger partial charge on any atom is 0.311 e. The Morgan fingerprint density at radius 2 is 2.31 bits per heavy atom. The molecule has 3 nitrogen and oxygen atoms in total. The van der Waals surface area contributed by atoms with E-state index in [-0.39, 0.29) is 18.0 Å². The molecule has 1 saturated heterocycles. The van der Waals surface area contributed by atoms with Crippen molar-refractivity contribution in [2.24, 2.45) is 5.92 Å². The van der Waals surface area contributed by atoms with Gasteiger partial charge in [0.2, 0.25) is 0 Å². The van der Waals surface area contributed by atoms with Gasteiger partial charge in [0.25, 0.3) is 0 Å². The Labute approximate surface area is 79.4 Å². The van der Waals surface area contributed by atoms with Crippen molar-refractivity contribution < 1.29 is 14.3 Å². The molecule has 3 atom stereocenters. The number of hydrogen-bond acceptors (Lipinski definition) is 3. The van der Waals surface area contributed by atoms with Crippen LogP contribution in [0.4, 0.5) is 0 Å². The normalized spacial score (nSPS) is 30.1. The molecule has 1 unspecified atom stereocenters. The minimum atomic E-state index is -0.137. The molecule has 0 saturated carbocycles. The highest BCUT2D eigenvalue weighted by Gasteiger charge is 2.31. The third-order valence-electron chi connectivity index (χ3n) is 2.48. The average Bonchev–Trinajstić information content (AvgIpc) is 2.51. The molecule has 0 N–H and O–H groups in total. The van der Waals surface area contributed by atoms with Gasteiger partial charge in [-0.1, -0.05) is 0 Å². The highest BCUT2D eigenvalue weighted by Crippen LogP contribution is 2.25. The molecule has 0 aromatic heterocycles. The van der Waals surface area contributed by atoms with Crippen molar-refractivity contribution in [2.75, 3.05) is 6.61 Å². The molecule has 1 fully saturated rings. The fraction of sp³-hybridized carbons (Fsp3) is 0.900. The molecular weight excluding hydrogens is 168 g/mol. The molecule has 76 valence electrons. The van der Waals surface area contributed by atoms with Crippen molar-refractivity contribution in [3.63, 3.8) is 0 Å². The topological polar surface area (TPSA) is 35.5 Å². The summed E-state index contributed by atoms with van der Waals surface area (Å²) in [7, 11) is 0. The SMILES string of the molecule is CCOC(=O)C(C)[C@H]1CC[C@H](C)O1. The van der Waals surface area contributed by atoms with Crippen LogP contribution in [0.5, 0.6) is 0 Å². The quantitative estimate of drug-likeness (QED) is 0.630. The second-order valence-electron chi connectivity index (χ2n) is 3.60. The summed E-state index contributed by atoms with van der Waals surface area (Å²) in [4.78, 5) is 11.3. The molecule has 0 radical (unpaired) electrons. The van der Waals surface area contributed by atoms with Crippen molar-refractivity contribution >= 4 is 5.97 Å². The molecule has 0 aromatic rings. The lowest BCUT2D eigenvalue weighted by Gasteiger charge is -2.17. The predicted octanol–water partition coefficient (Wildman–Crippen LogP) is 1.75. The molecule has 0 amide bonds. The predicted molar refractivity (Wildman–Crippen MR) is 49.4 cm³/mol. The molecule has 3 heteroatoms. The van der Waals surface area contributed by atoms with Gasteiger partial charge in [0.1, 0.15) is 0 Å². The molecular formula is C10H18O3. The van der Waals surface area contributed by atoms with Crippen LogP contribution in [-0.2, 0) is 14.3 Å². The van der Waals surface area contributed by atoms with E-state index in [9.17, 15) is 4.79 Å². The van der Waals surface area contributed by atoms with Gasteiger partial charge in [0.05, 0.1) is 24.7 Å². The van der Waals surface area contributed by atoms with Crippen molar-refractivity contribution in [3.8, 4) is 0 Å². The van der Waals surface area contributed by atoms with E-state index >= 15 is 0 Å². The number of ether oxygens (including phenoxy) is 2. The van der Waals surface area contributed by atoms with Gasteiger partial charge >= 0.3 is 5.97 Å². The Bertz CT molecular complexity index is 179. The molecule has 1 aliphatic rings. The summed E-state index contributed by atoms with van der Waals surface area (Å²) in [6.07, 6.45) is 2.38. The van der Waals surface area contributed by atoms with Gasteiger partial charge < -0.3 is 9.47 Å². The Morgan fingerprint density at radius 3 is 2.77 bits per heavy atom. The van der Waals surface area contributed by atoms with Crippen LogP contribution >= 0.6 is 0 Å². The standard InChI is InChI=1S/C10H18O3/c1-4-12-10(11)8(3)9-6-5-7(2)13-9/h7-9H,4-6H2,1-3H3/t7-,8?,9+/m0/s1. The van der Waals surface area contributed by atoms with Gasteiger partial charge in [-0.05, 0) is 33.6 Å². The van der Waals surface area contributed by atoms with E-state index in [1.54, 1.807) is 0 Å². The number of rotatable bonds is 3. The largest absolute Gasteiger partial charge is 0.466 e. The summed E-state index contributed by atoms with van der Waals surface area (Å²) >= 11 is 0. The van der Waals surface area contributed by atoms with Gasteiger partial charge in [0.15, 0.2) is 0 Å². The fourth-order valence-corrected chi connectivity index (χ4v) is 1.63. The van der Waals surface area contributed by atoms with Crippen LogP contribution in [0, 0.1) is 5.92 Å². The Morgan fingerprint density at radius 1 is 1.62 bits per heavy atom. The van der Waals surface area contributed by atoms with E-state index in [2.05, 4.69) is 0 Å². The van der Waals surface area contributed by atoms with E-state index in [1.807, 2.05) is 20.8 Å². The van der Waals surface area contributed by atoms with Crippen LogP contribution in [-0.4, -0.2) is 24.8 Å². The first kappa shape index (κ1) is 10.5. The zero-order valence-corrected chi connectivity index (χ0v) is 8.58. The van der Waals surface area contributed by atoms with Crippen molar-refractivity contribution in [2.45, 2.75) is 45.8 Å². The van der Waals surface area contributed by atoms with Crippen molar-refractivity contribution in [1.29, 1.82) is 0 Å². The molecule has 1 heterocycles. The third kappa shape index (κ3) is 2.69. The number of carbonyl (C=O) groups is 1. The molecule has 1 aliphatic heterocycles. The van der Waals surface area contributed by atoms with Gasteiger partial charge in [-0.2, -0.15) is 0 Å². The second-order valence-corrected chi connectivity index (χ2v) is 3.60. The van der Waals surface area contributed by atoms with E-state index in [0.717, 1.165) is 12.8 Å². The zero-order valence-electron chi connectivity index (χ0n) is 8.58. The fourth-order valence-electron chi connectivity index (χ4n) is 1.63. The number of esters is 1. The molecule has 13 heavy (non-hydrogen) atoms. The molecule has 0 spiro atoms. The maximum absolute atomic E-state index is 11.3. The summed E-state index contributed by atoms with van der Waals surface area (Å²) in [6, 6.07) is 0. The van der Waals surface area contributed by atoms with Gasteiger partial charge in [-0.3, -0.25) is 4.79 Å². The number of hydrogen-bond donors (Lipinski definition) is 0. The molecule has 0 aliphatic carbocycles. The monoisotopic (exact) mass is 186 g/mol. The van der Waals surface area contributed by atoms with Crippen LogP contribution in [0.1, 0.15) is 33.6 Å². The van der Waals surface area contributed by atoms with Crippen LogP contribution in [0.15, 0.2) is 0 Å². The summed E-state index contributed by atoms with van der Waals surface area (Å²) in [5.41, 5.74) is 0. The zero-order chi connectivity index (χ0) is 9.84. The summed E-state index contributed by atoms with van der Waals surface area (Å²) in [6.45, 7) is 6.19. The lowest BCUT2D eigenvalue weighted by Crippen LogP contribution is -2.27. The first-order chi connectivity index (χ1) is 6.15. The van der Waals surface area contributed by atoms with Crippen molar-refractivity contribution in [3.05, 3.63) is 0 Å². The molecule has 0 aromatic carbocycles. The summed E-state index contributed by atoms with van der Waals surface area (Å²) in [5, 5.41) is 0.